The number of anilines is 2. The first-order chi connectivity index (χ1) is 15.8. The highest BCUT2D eigenvalue weighted by Crippen LogP contribution is 2.31. The molecule has 0 fully saturated rings. The normalized spacial score (nSPS) is 12.5. The second kappa shape index (κ2) is 8.62. The van der Waals surface area contributed by atoms with Crippen LogP contribution >= 0.6 is 0 Å². The van der Waals surface area contributed by atoms with Crippen LogP contribution in [0.3, 0.4) is 0 Å². The Hall–Kier alpha value is -4.40. The summed E-state index contributed by atoms with van der Waals surface area (Å²) < 4.78 is 31.7. The lowest BCUT2D eigenvalue weighted by Gasteiger charge is -2.16. The first-order valence-corrected chi connectivity index (χ1v) is 9.77. The van der Waals surface area contributed by atoms with Gasteiger partial charge in [0, 0.05) is 6.07 Å². The van der Waals surface area contributed by atoms with Crippen molar-refractivity contribution in [3.8, 4) is 0 Å². The number of carbonyl (C=O) groups is 4. The molecule has 0 spiro atoms. The zero-order valence-corrected chi connectivity index (χ0v) is 17.2. The number of fused-ring (bicyclic) bond motifs is 1. The number of hydrogen-bond acceptors (Lipinski definition) is 5. The first-order valence-electron chi connectivity index (χ1n) is 9.77. The SMILES string of the molecule is Cc1ccccc1N1C(=O)c2ccc(C(=O)OCC(=O)Nc3cc(F)ccc3F)cc2C1=O. The van der Waals surface area contributed by atoms with Gasteiger partial charge in [0.2, 0.25) is 0 Å². The standard InChI is InChI=1S/C24H16F2N2O5/c1-13-4-2-3-5-20(13)28-22(30)16-8-6-14(10-17(16)23(28)31)24(32)33-12-21(29)27-19-11-15(25)7-9-18(19)26/h2-11H,12H2,1H3,(H,27,29). The van der Waals surface area contributed by atoms with Crippen LogP contribution in [-0.2, 0) is 9.53 Å². The Bertz CT molecular complexity index is 1320. The summed E-state index contributed by atoms with van der Waals surface area (Å²) in [6, 6.07) is 13.3. The molecule has 0 radical (unpaired) electrons. The van der Waals surface area contributed by atoms with Gasteiger partial charge in [0.15, 0.2) is 6.61 Å². The van der Waals surface area contributed by atoms with Crippen LogP contribution in [0, 0.1) is 18.6 Å². The fraction of sp³-hybridized carbons (Fsp3) is 0.0833. The second-order valence-corrected chi connectivity index (χ2v) is 7.24. The van der Waals surface area contributed by atoms with Crippen LogP contribution in [0.1, 0.15) is 36.6 Å². The molecule has 4 rings (SSSR count). The van der Waals surface area contributed by atoms with E-state index >= 15 is 0 Å². The van der Waals surface area contributed by atoms with Crippen LogP contribution in [0.25, 0.3) is 0 Å². The van der Waals surface area contributed by atoms with Gasteiger partial charge in [0.25, 0.3) is 17.7 Å². The summed E-state index contributed by atoms with van der Waals surface area (Å²) in [4.78, 5) is 51.0. The average Bonchev–Trinajstić information content (AvgIpc) is 3.04. The summed E-state index contributed by atoms with van der Waals surface area (Å²) in [7, 11) is 0. The highest BCUT2D eigenvalue weighted by atomic mass is 19.1. The summed E-state index contributed by atoms with van der Waals surface area (Å²) in [6.07, 6.45) is 0. The second-order valence-electron chi connectivity index (χ2n) is 7.24. The summed E-state index contributed by atoms with van der Waals surface area (Å²) in [5.41, 5.74) is 0.893. The Balaban J connectivity index is 1.46. The fourth-order valence-corrected chi connectivity index (χ4v) is 3.39. The maximum Gasteiger partial charge on any atom is 0.338 e. The minimum atomic E-state index is -0.928. The number of nitrogens with one attached hydrogen (secondary N) is 1. The molecule has 1 heterocycles. The molecule has 7 nitrogen and oxygen atoms in total. The van der Waals surface area contributed by atoms with Gasteiger partial charge in [0.1, 0.15) is 11.6 Å². The third-order valence-corrected chi connectivity index (χ3v) is 5.02. The number of benzene rings is 3. The van der Waals surface area contributed by atoms with Gasteiger partial charge in [-0.15, -0.1) is 0 Å². The van der Waals surface area contributed by atoms with Crippen molar-refractivity contribution in [3.63, 3.8) is 0 Å². The number of esters is 1. The van der Waals surface area contributed by atoms with Crippen molar-refractivity contribution in [2.24, 2.45) is 0 Å². The summed E-state index contributed by atoms with van der Waals surface area (Å²) in [6.45, 7) is 0.997. The molecule has 9 heteroatoms. The van der Waals surface area contributed by atoms with E-state index in [1.807, 2.05) is 0 Å². The minimum absolute atomic E-state index is 0.0315. The quantitative estimate of drug-likeness (QED) is 0.471. The van der Waals surface area contributed by atoms with Crippen LogP contribution in [0.4, 0.5) is 20.2 Å². The third-order valence-electron chi connectivity index (χ3n) is 5.02. The molecule has 0 saturated carbocycles. The Morgan fingerprint density at radius 1 is 0.939 bits per heavy atom. The number of imide groups is 1. The highest BCUT2D eigenvalue weighted by molar-refractivity contribution is 6.34. The third kappa shape index (κ3) is 4.20. The van der Waals surface area contributed by atoms with E-state index in [1.54, 1.807) is 31.2 Å². The molecule has 0 atom stereocenters. The van der Waals surface area contributed by atoms with E-state index in [0.717, 1.165) is 28.7 Å². The molecule has 0 unspecified atom stereocenters. The predicted molar refractivity (Wildman–Crippen MR) is 114 cm³/mol. The van der Waals surface area contributed by atoms with Crippen LogP contribution in [-0.4, -0.2) is 30.3 Å². The zero-order valence-electron chi connectivity index (χ0n) is 17.2. The van der Waals surface area contributed by atoms with Crippen LogP contribution in [0.2, 0.25) is 0 Å². The number of hydrogen-bond donors (Lipinski definition) is 1. The number of aryl methyl sites for hydroxylation is 1. The zero-order chi connectivity index (χ0) is 23.7. The van der Waals surface area contributed by atoms with Crippen molar-refractivity contribution in [2.75, 3.05) is 16.8 Å². The molecule has 33 heavy (non-hydrogen) atoms. The van der Waals surface area contributed by atoms with Crippen LogP contribution < -0.4 is 10.2 Å². The van der Waals surface area contributed by atoms with E-state index in [1.165, 1.54) is 18.2 Å². The van der Waals surface area contributed by atoms with Gasteiger partial charge >= 0.3 is 5.97 Å². The Labute approximate surface area is 186 Å². The molecule has 1 aliphatic rings. The van der Waals surface area contributed by atoms with E-state index < -0.39 is 47.6 Å². The van der Waals surface area contributed by atoms with E-state index in [-0.39, 0.29) is 16.7 Å². The monoisotopic (exact) mass is 450 g/mol. The van der Waals surface area contributed by atoms with Gasteiger partial charge in [-0.1, -0.05) is 18.2 Å². The lowest BCUT2D eigenvalue weighted by atomic mass is 10.1. The van der Waals surface area contributed by atoms with E-state index in [9.17, 15) is 28.0 Å². The Morgan fingerprint density at radius 3 is 2.42 bits per heavy atom. The molecule has 0 aliphatic carbocycles. The molecule has 3 aromatic rings. The minimum Gasteiger partial charge on any atom is -0.452 e. The lowest BCUT2D eigenvalue weighted by Crippen LogP contribution is -2.29. The number of para-hydroxylation sites is 1. The molecular weight excluding hydrogens is 434 g/mol. The maximum atomic E-state index is 13.6. The number of ether oxygens (including phenoxy) is 1. The Morgan fingerprint density at radius 2 is 1.67 bits per heavy atom. The molecule has 1 aliphatic heterocycles. The molecular formula is C24H16F2N2O5. The van der Waals surface area contributed by atoms with Gasteiger partial charge in [-0.3, -0.25) is 14.4 Å². The summed E-state index contributed by atoms with van der Waals surface area (Å²) in [5.74, 6) is -4.51. The van der Waals surface area contributed by atoms with Crippen molar-refractivity contribution in [3.05, 3.63) is 94.6 Å². The Kier molecular flexibility index (Phi) is 5.70. The van der Waals surface area contributed by atoms with Crippen molar-refractivity contribution in [1.82, 2.24) is 0 Å². The van der Waals surface area contributed by atoms with E-state index in [0.29, 0.717) is 5.69 Å². The van der Waals surface area contributed by atoms with Crippen molar-refractivity contribution in [1.29, 1.82) is 0 Å². The number of carbonyl (C=O) groups excluding carboxylic acids is 4. The molecule has 3 aromatic carbocycles. The molecule has 0 bridgehead atoms. The van der Waals surface area contributed by atoms with E-state index in [4.69, 9.17) is 4.74 Å². The molecule has 166 valence electrons. The smallest absolute Gasteiger partial charge is 0.338 e. The summed E-state index contributed by atoms with van der Waals surface area (Å²) >= 11 is 0. The first kappa shape index (κ1) is 21.8. The van der Waals surface area contributed by atoms with Crippen molar-refractivity contribution < 1.29 is 32.7 Å². The fourth-order valence-electron chi connectivity index (χ4n) is 3.39. The van der Waals surface area contributed by atoms with Gasteiger partial charge in [0.05, 0.1) is 28.1 Å². The van der Waals surface area contributed by atoms with Gasteiger partial charge < -0.3 is 10.1 Å². The van der Waals surface area contributed by atoms with E-state index in [2.05, 4.69) is 5.32 Å². The van der Waals surface area contributed by atoms with Crippen molar-refractivity contribution >= 4 is 35.1 Å². The van der Waals surface area contributed by atoms with Gasteiger partial charge in [-0.05, 0) is 48.9 Å². The number of amides is 3. The molecule has 1 N–H and O–H groups in total. The molecule has 0 aromatic heterocycles. The molecule has 3 amide bonds. The number of halogens is 2. The van der Waals surface area contributed by atoms with Crippen LogP contribution in [0.5, 0.6) is 0 Å². The summed E-state index contributed by atoms with van der Waals surface area (Å²) in [5, 5.41) is 2.11. The largest absolute Gasteiger partial charge is 0.452 e. The predicted octanol–water partition coefficient (Wildman–Crippen LogP) is 3.87. The van der Waals surface area contributed by atoms with Gasteiger partial charge in [-0.25, -0.2) is 18.5 Å². The van der Waals surface area contributed by atoms with Crippen LogP contribution in [0.15, 0.2) is 60.7 Å². The van der Waals surface area contributed by atoms with Crippen molar-refractivity contribution in [2.45, 2.75) is 6.92 Å². The number of nitrogens with zero attached hydrogens (tertiary/aromatic N) is 1. The highest BCUT2D eigenvalue weighted by Gasteiger charge is 2.37. The molecule has 0 saturated heterocycles. The number of rotatable bonds is 5. The van der Waals surface area contributed by atoms with Gasteiger partial charge in [-0.2, -0.15) is 0 Å². The maximum absolute atomic E-state index is 13.6. The lowest BCUT2D eigenvalue weighted by molar-refractivity contribution is -0.119. The average molecular weight is 450 g/mol. The topological polar surface area (TPSA) is 92.8 Å².